The molecule has 0 unspecified atom stereocenters. The summed E-state index contributed by atoms with van der Waals surface area (Å²) in [5.41, 5.74) is 3.35. The lowest BCUT2D eigenvalue weighted by Gasteiger charge is -2.18. The van der Waals surface area contributed by atoms with Crippen LogP contribution in [0, 0.1) is 0 Å². The van der Waals surface area contributed by atoms with Crippen LogP contribution in [-0.2, 0) is 6.42 Å². The van der Waals surface area contributed by atoms with Crippen LogP contribution in [0.5, 0.6) is 17.2 Å². The van der Waals surface area contributed by atoms with E-state index in [0.29, 0.717) is 12.2 Å². The second-order valence-electron chi connectivity index (χ2n) is 5.45. The number of hydrogen-bond acceptors (Lipinski definition) is 4. The number of ether oxygens (including phenoxy) is 2. The van der Waals surface area contributed by atoms with Crippen LogP contribution in [0.25, 0.3) is 6.08 Å². The Morgan fingerprint density at radius 3 is 2.61 bits per heavy atom. The highest BCUT2D eigenvalue weighted by atomic mass is 16.5. The Balaban J connectivity index is 1.94. The number of carbonyl (C=O) groups excluding carboxylic acids is 1. The number of allylic oxidation sites excluding steroid dienone is 1. The van der Waals surface area contributed by atoms with E-state index in [1.807, 2.05) is 24.3 Å². The van der Waals surface area contributed by atoms with Crippen LogP contribution >= 0.6 is 0 Å². The summed E-state index contributed by atoms with van der Waals surface area (Å²) in [6, 6.07) is 10.6. The molecule has 0 radical (unpaired) electrons. The fourth-order valence-corrected chi connectivity index (χ4v) is 2.80. The van der Waals surface area contributed by atoms with Gasteiger partial charge in [0.25, 0.3) is 0 Å². The van der Waals surface area contributed by atoms with Crippen LogP contribution in [0.2, 0.25) is 0 Å². The SMILES string of the molecule is COc1ccc2c(c1)CC/C(=C/c1ccc(O)c(OC)c1)C2=O. The highest BCUT2D eigenvalue weighted by Crippen LogP contribution is 2.31. The summed E-state index contributed by atoms with van der Waals surface area (Å²) in [5, 5.41) is 9.65. The average molecular weight is 310 g/mol. The molecular formula is C19H18O4. The Labute approximate surface area is 135 Å². The molecule has 1 aliphatic carbocycles. The lowest BCUT2D eigenvalue weighted by Crippen LogP contribution is -2.14. The summed E-state index contributed by atoms with van der Waals surface area (Å²) in [4.78, 5) is 12.7. The van der Waals surface area contributed by atoms with Gasteiger partial charge in [0.05, 0.1) is 14.2 Å². The Bertz CT molecular complexity index is 790. The molecule has 118 valence electrons. The molecule has 0 aromatic heterocycles. The Hall–Kier alpha value is -2.75. The summed E-state index contributed by atoms with van der Waals surface area (Å²) >= 11 is 0. The van der Waals surface area contributed by atoms with E-state index in [1.165, 1.54) is 7.11 Å². The van der Waals surface area contributed by atoms with Crippen LogP contribution in [0.4, 0.5) is 0 Å². The van der Waals surface area contributed by atoms with Gasteiger partial charge in [0.1, 0.15) is 5.75 Å². The number of rotatable bonds is 3. The molecule has 4 heteroatoms. The van der Waals surface area contributed by atoms with Gasteiger partial charge in [-0.3, -0.25) is 4.79 Å². The minimum atomic E-state index is 0.0425. The number of methoxy groups -OCH3 is 2. The van der Waals surface area contributed by atoms with Gasteiger partial charge in [-0.05, 0) is 60.4 Å². The molecule has 0 aliphatic heterocycles. The van der Waals surface area contributed by atoms with Gasteiger partial charge in [-0.15, -0.1) is 0 Å². The van der Waals surface area contributed by atoms with E-state index in [9.17, 15) is 9.90 Å². The Morgan fingerprint density at radius 1 is 1.04 bits per heavy atom. The quantitative estimate of drug-likeness (QED) is 0.880. The number of hydrogen-bond donors (Lipinski definition) is 1. The summed E-state index contributed by atoms with van der Waals surface area (Å²) in [6.45, 7) is 0. The molecule has 3 rings (SSSR count). The number of phenols is 1. The highest BCUT2D eigenvalue weighted by Gasteiger charge is 2.22. The first kappa shape index (κ1) is 15.2. The second-order valence-corrected chi connectivity index (χ2v) is 5.45. The number of ketones is 1. The van der Waals surface area contributed by atoms with E-state index >= 15 is 0 Å². The van der Waals surface area contributed by atoms with Crippen molar-refractivity contribution in [1.29, 1.82) is 0 Å². The number of carbonyl (C=O) groups is 1. The van der Waals surface area contributed by atoms with Gasteiger partial charge in [-0.2, -0.15) is 0 Å². The molecule has 0 atom stereocenters. The molecule has 0 saturated carbocycles. The fourth-order valence-electron chi connectivity index (χ4n) is 2.80. The predicted molar refractivity (Wildman–Crippen MR) is 88.3 cm³/mol. The molecular weight excluding hydrogens is 292 g/mol. The summed E-state index contributed by atoms with van der Waals surface area (Å²) in [5.74, 6) is 1.29. The molecule has 0 amide bonds. The first-order valence-electron chi connectivity index (χ1n) is 7.41. The van der Waals surface area contributed by atoms with E-state index in [2.05, 4.69) is 0 Å². The number of Topliss-reactive ketones (excluding diaryl/α,β-unsaturated/α-hetero) is 1. The van der Waals surface area contributed by atoms with Crippen molar-refractivity contribution in [2.24, 2.45) is 0 Å². The zero-order valence-electron chi connectivity index (χ0n) is 13.1. The third kappa shape index (κ3) is 2.93. The molecule has 0 heterocycles. The number of phenolic OH excluding ortho intramolecular Hbond substituents is 1. The standard InChI is InChI=1S/C19H18O4/c1-22-15-6-7-16-13(11-15)4-5-14(19(16)21)9-12-3-8-17(20)18(10-12)23-2/h3,6-11,20H,4-5H2,1-2H3/b14-9-. The molecule has 1 N–H and O–H groups in total. The largest absolute Gasteiger partial charge is 0.504 e. The van der Waals surface area contributed by atoms with Crippen molar-refractivity contribution < 1.29 is 19.4 Å². The lowest BCUT2D eigenvalue weighted by atomic mass is 9.86. The van der Waals surface area contributed by atoms with Gasteiger partial charge >= 0.3 is 0 Å². The second kappa shape index (κ2) is 6.16. The summed E-state index contributed by atoms with van der Waals surface area (Å²) in [7, 11) is 3.12. The molecule has 1 aliphatic rings. The van der Waals surface area contributed by atoms with Gasteiger partial charge in [-0.25, -0.2) is 0 Å². The van der Waals surface area contributed by atoms with Crippen molar-refractivity contribution in [1.82, 2.24) is 0 Å². The molecule has 0 saturated heterocycles. The maximum Gasteiger partial charge on any atom is 0.189 e. The smallest absolute Gasteiger partial charge is 0.189 e. The number of aryl methyl sites for hydroxylation is 1. The topological polar surface area (TPSA) is 55.8 Å². The number of fused-ring (bicyclic) bond motifs is 1. The van der Waals surface area contributed by atoms with Gasteiger partial charge in [0, 0.05) is 11.1 Å². The normalized spacial score (nSPS) is 15.4. The molecule has 0 bridgehead atoms. The van der Waals surface area contributed by atoms with Crippen LogP contribution in [0.1, 0.15) is 27.9 Å². The van der Waals surface area contributed by atoms with Crippen LogP contribution < -0.4 is 9.47 Å². The van der Waals surface area contributed by atoms with Crippen LogP contribution in [0.15, 0.2) is 42.0 Å². The van der Waals surface area contributed by atoms with E-state index < -0.39 is 0 Å². The maximum absolute atomic E-state index is 12.7. The Morgan fingerprint density at radius 2 is 1.87 bits per heavy atom. The van der Waals surface area contributed by atoms with Crippen LogP contribution in [-0.4, -0.2) is 25.1 Å². The monoisotopic (exact) mass is 310 g/mol. The van der Waals surface area contributed by atoms with Gasteiger partial charge in [0.15, 0.2) is 17.3 Å². The first-order chi connectivity index (χ1) is 11.1. The molecule has 0 spiro atoms. The molecule has 0 fully saturated rings. The van der Waals surface area contributed by atoms with Crippen molar-refractivity contribution in [3.63, 3.8) is 0 Å². The number of aromatic hydroxyl groups is 1. The summed E-state index contributed by atoms with van der Waals surface area (Å²) in [6.07, 6.45) is 3.35. The van der Waals surface area contributed by atoms with Crippen molar-refractivity contribution in [3.8, 4) is 17.2 Å². The fraction of sp³-hybridized carbons (Fsp3) is 0.211. The van der Waals surface area contributed by atoms with Crippen molar-refractivity contribution >= 4 is 11.9 Å². The maximum atomic E-state index is 12.7. The average Bonchev–Trinajstić information content (AvgIpc) is 2.58. The van der Waals surface area contributed by atoms with Gasteiger partial charge in [0.2, 0.25) is 0 Å². The zero-order valence-corrected chi connectivity index (χ0v) is 13.1. The molecule has 4 nitrogen and oxygen atoms in total. The Kier molecular flexibility index (Phi) is 4.06. The van der Waals surface area contributed by atoms with E-state index in [0.717, 1.165) is 34.4 Å². The first-order valence-corrected chi connectivity index (χ1v) is 7.41. The number of benzene rings is 2. The minimum Gasteiger partial charge on any atom is -0.504 e. The van der Waals surface area contributed by atoms with Crippen molar-refractivity contribution in [3.05, 3.63) is 58.7 Å². The molecule has 2 aromatic rings. The third-order valence-electron chi connectivity index (χ3n) is 4.06. The van der Waals surface area contributed by atoms with Gasteiger partial charge < -0.3 is 14.6 Å². The third-order valence-corrected chi connectivity index (χ3v) is 4.06. The van der Waals surface area contributed by atoms with Crippen LogP contribution in [0.3, 0.4) is 0 Å². The summed E-state index contributed by atoms with van der Waals surface area (Å²) < 4.78 is 10.3. The van der Waals surface area contributed by atoms with E-state index in [4.69, 9.17) is 9.47 Å². The van der Waals surface area contributed by atoms with E-state index in [-0.39, 0.29) is 11.5 Å². The van der Waals surface area contributed by atoms with Crippen molar-refractivity contribution in [2.45, 2.75) is 12.8 Å². The van der Waals surface area contributed by atoms with Crippen molar-refractivity contribution in [2.75, 3.05) is 14.2 Å². The predicted octanol–water partition coefficient (Wildman–Crippen LogP) is 3.62. The minimum absolute atomic E-state index is 0.0425. The van der Waals surface area contributed by atoms with Gasteiger partial charge in [-0.1, -0.05) is 6.07 Å². The lowest BCUT2D eigenvalue weighted by molar-refractivity contribution is 0.102. The molecule has 2 aromatic carbocycles. The molecule has 23 heavy (non-hydrogen) atoms. The zero-order chi connectivity index (χ0) is 16.4. The highest BCUT2D eigenvalue weighted by molar-refractivity contribution is 6.13. The van der Waals surface area contributed by atoms with E-state index in [1.54, 1.807) is 25.3 Å².